The smallest absolute Gasteiger partial charge is 0.0574 e. The van der Waals surface area contributed by atoms with Crippen LogP contribution >= 0.6 is 10.2 Å². The molecule has 0 fully saturated rings. The summed E-state index contributed by atoms with van der Waals surface area (Å²) in [6, 6.07) is 11.0. The van der Waals surface area contributed by atoms with Gasteiger partial charge in [-0.1, -0.05) is 59.7 Å². The van der Waals surface area contributed by atoms with Gasteiger partial charge in [0.25, 0.3) is 0 Å². The molecule has 0 aliphatic heterocycles. The molecule has 0 atom stereocenters. The van der Waals surface area contributed by atoms with E-state index in [4.69, 9.17) is 0 Å². The van der Waals surface area contributed by atoms with Gasteiger partial charge in [0.2, 0.25) is 0 Å². The zero-order chi connectivity index (χ0) is 14.2. The Balaban J connectivity index is 2.74. The molecule has 0 aliphatic carbocycles. The molecule has 1 aromatic heterocycles. The average molecular weight is 277 g/mol. The number of nitrogens with zero attached hydrogens (tertiary/aromatic N) is 1. The fourth-order valence-corrected chi connectivity index (χ4v) is 9.05. The molecule has 2 heteroatoms. The zero-order valence-electron chi connectivity index (χ0n) is 13.1. The summed E-state index contributed by atoms with van der Waals surface area (Å²) in [5, 5.41) is 3.41. The molecule has 0 N–H and O–H groups in total. The van der Waals surface area contributed by atoms with E-state index in [9.17, 15) is 0 Å². The maximum atomic E-state index is 2.61. The molecule has 1 heterocycles. The summed E-state index contributed by atoms with van der Waals surface area (Å²) in [6.45, 7) is 14.4. The van der Waals surface area contributed by atoms with Crippen LogP contribution in [0.1, 0.15) is 41.5 Å². The molecular formula is C17H27NS. The first-order valence-electron chi connectivity index (χ1n) is 7.28. The molecule has 1 aromatic carbocycles. The standard InChI is InChI=1S/C17H27NS/c1-13(2)19(14(3)4,15(5)6)18-12-11-16-9-7-8-10-17(16)18/h7-15H,1-6H3. The quantitative estimate of drug-likeness (QED) is 0.702. The molecule has 1 nitrogen and oxygen atoms in total. The minimum Gasteiger partial charge on any atom is -0.309 e. The van der Waals surface area contributed by atoms with Crippen molar-refractivity contribution in [3.63, 3.8) is 0 Å². The van der Waals surface area contributed by atoms with Gasteiger partial charge in [0.1, 0.15) is 0 Å². The van der Waals surface area contributed by atoms with Crippen molar-refractivity contribution in [1.29, 1.82) is 0 Å². The summed E-state index contributed by atoms with van der Waals surface area (Å²) in [5.41, 5.74) is 1.40. The molecule has 0 radical (unpaired) electrons. The summed E-state index contributed by atoms with van der Waals surface area (Å²) >= 11 is 0. The Bertz CT molecular complexity index is 529. The Morgan fingerprint density at radius 2 is 1.32 bits per heavy atom. The summed E-state index contributed by atoms with van der Waals surface area (Å²) in [4.78, 5) is 0. The largest absolute Gasteiger partial charge is 0.309 e. The Hall–Kier alpha value is -0.890. The van der Waals surface area contributed by atoms with E-state index in [2.05, 4.69) is 82.0 Å². The molecule has 106 valence electrons. The number of fused-ring (bicyclic) bond motifs is 1. The van der Waals surface area contributed by atoms with Gasteiger partial charge in [0.05, 0.1) is 5.52 Å². The fourth-order valence-electron chi connectivity index (χ4n) is 3.65. The summed E-state index contributed by atoms with van der Waals surface area (Å²) < 4.78 is 2.61. The predicted octanol–water partition coefficient (Wildman–Crippen LogP) is 5.43. The van der Waals surface area contributed by atoms with Gasteiger partial charge in [-0.15, -0.1) is 0 Å². The van der Waals surface area contributed by atoms with Crippen LogP contribution in [-0.2, 0) is 0 Å². The van der Waals surface area contributed by atoms with Gasteiger partial charge >= 0.3 is 0 Å². The van der Waals surface area contributed by atoms with E-state index >= 15 is 0 Å². The highest BCUT2D eigenvalue weighted by atomic mass is 32.3. The van der Waals surface area contributed by atoms with Crippen LogP contribution in [0.25, 0.3) is 10.9 Å². The molecule has 19 heavy (non-hydrogen) atoms. The molecule has 0 saturated carbocycles. The third-order valence-electron chi connectivity index (χ3n) is 4.17. The van der Waals surface area contributed by atoms with Crippen molar-refractivity contribution >= 4 is 21.1 Å². The van der Waals surface area contributed by atoms with Crippen LogP contribution < -0.4 is 0 Å². The van der Waals surface area contributed by atoms with Crippen LogP contribution in [0.4, 0.5) is 0 Å². The first-order valence-corrected chi connectivity index (χ1v) is 9.06. The second-order valence-corrected chi connectivity index (χ2v) is 10.7. The van der Waals surface area contributed by atoms with Crippen molar-refractivity contribution in [3.8, 4) is 0 Å². The van der Waals surface area contributed by atoms with E-state index in [1.165, 1.54) is 10.9 Å². The van der Waals surface area contributed by atoms with Crippen molar-refractivity contribution < 1.29 is 0 Å². The van der Waals surface area contributed by atoms with Crippen LogP contribution in [0.2, 0.25) is 0 Å². The number of para-hydroxylation sites is 1. The van der Waals surface area contributed by atoms with Gasteiger partial charge in [-0.3, -0.25) is 0 Å². The highest BCUT2D eigenvalue weighted by Crippen LogP contribution is 2.62. The normalized spacial score (nSPS) is 13.9. The minimum absolute atomic E-state index is 0.684. The van der Waals surface area contributed by atoms with E-state index in [1.807, 2.05) is 0 Å². The average Bonchev–Trinajstić information content (AvgIpc) is 2.73. The van der Waals surface area contributed by atoms with E-state index in [1.54, 1.807) is 0 Å². The van der Waals surface area contributed by atoms with Crippen molar-refractivity contribution in [2.24, 2.45) is 0 Å². The maximum Gasteiger partial charge on any atom is 0.0574 e. The lowest BCUT2D eigenvalue weighted by Crippen LogP contribution is -2.33. The van der Waals surface area contributed by atoms with Gasteiger partial charge in [-0.25, -0.2) is 0 Å². The second kappa shape index (κ2) is 5.24. The maximum absolute atomic E-state index is 2.61. The van der Waals surface area contributed by atoms with Crippen molar-refractivity contribution in [2.75, 3.05) is 0 Å². The Labute approximate surface area is 119 Å². The second-order valence-electron chi connectivity index (χ2n) is 6.07. The van der Waals surface area contributed by atoms with E-state index in [0.717, 1.165) is 0 Å². The number of hydrogen-bond acceptors (Lipinski definition) is 0. The third-order valence-corrected chi connectivity index (χ3v) is 9.70. The molecule has 0 saturated heterocycles. The van der Waals surface area contributed by atoms with E-state index in [0.29, 0.717) is 15.7 Å². The topological polar surface area (TPSA) is 4.93 Å². The van der Waals surface area contributed by atoms with Gasteiger partial charge in [0.15, 0.2) is 0 Å². The summed E-state index contributed by atoms with van der Waals surface area (Å²) in [7, 11) is -0.892. The fraction of sp³-hybridized carbons (Fsp3) is 0.529. The monoisotopic (exact) mass is 277 g/mol. The highest BCUT2D eigenvalue weighted by molar-refractivity contribution is 8.33. The summed E-state index contributed by atoms with van der Waals surface area (Å²) in [6.07, 6.45) is 2.32. The van der Waals surface area contributed by atoms with Gasteiger partial charge in [-0.2, -0.15) is 10.2 Å². The van der Waals surface area contributed by atoms with Crippen LogP contribution in [0.5, 0.6) is 0 Å². The Morgan fingerprint density at radius 1 is 0.789 bits per heavy atom. The van der Waals surface area contributed by atoms with Crippen molar-refractivity contribution in [1.82, 2.24) is 3.97 Å². The SMILES string of the molecule is CC(C)S(C(C)C)(C(C)C)n1ccc2ccccc21. The van der Waals surface area contributed by atoms with E-state index < -0.39 is 10.2 Å². The lowest BCUT2D eigenvalue weighted by molar-refractivity contribution is 0.915. The third kappa shape index (κ3) is 2.10. The number of aromatic nitrogens is 1. The molecule has 0 amide bonds. The zero-order valence-corrected chi connectivity index (χ0v) is 13.9. The number of hydrogen-bond donors (Lipinski definition) is 0. The first-order chi connectivity index (χ1) is 8.92. The van der Waals surface area contributed by atoms with Crippen molar-refractivity contribution in [2.45, 2.75) is 57.3 Å². The molecule has 2 aromatic rings. The number of rotatable bonds is 4. The molecule has 0 unspecified atom stereocenters. The lowest BCUT2D eigenvalue weighted by Gasteiger charge is -2.52. The number of benzene rings is 1. The van der Waals surface area contributed by atoms with Gasteiger partial charge in [0, 0.05) is 27.3 Å². The highest BCUT2D eigenvalue weighted by Gasteiger charge is 2.36. The van der Waals surface area contributed by atoms with Crippen LogP contribution in [0.15, 0.2) is 36.5 Å². The minimum atomic E-state index is -0.892. The molecule has 0 spiro atoms. The van der Waals surface area contributed by atoms with Crippen LogP contribution in [0, 0.1) is 0 Å². The molecule has 0 bridgehead atoms. The lowest BCUT2D eigenvalue weighted by atomic mass is 10.3. The molecule has 2 rings (SSSR count). The van der Waals surface area contributed by atoms with Crippen LogP contribution in [0.3, 0.4) is 0 Å². The van der Waals surface area contributed by atoms with Gasteiger partial charge in [-0.05, 0) is 12.1 Å². The summed E-state index contributed by atoms with van der Waals surface area (Å²) in [5.74, 6) is 0. The van der Waals surface area contributed by atoms with Crippen LogP contribution in [-0.4, -0.2) is 19.7 Å². The molecule has 0 aliphatic rings. The Kier molecular flexibility index (Phi) is 4.00. The molecular weight excluding hydrogens is 250 g/mol. The van der Waals surface area contributed by atoms with Crippen molar-refractivity contribution in [3.05, 3.63) is 36.5 Å². The first kappa shape index (κ1) is 14.5. The van der Waals surface area contributed by atoms with Gasteiger partial charge < -0.3 is 3.97 Å². The predicted molar refractivity (Wildman–Crippen MR) is 90.3 cm³/mol. The Morgan fingerprint density at radius 3 is 1.84 bits per heavy atom. The van der Waals surface area contributed by atoms with E-state index in [-0.39, 0.29) is 0 Å².